The Morgan fingerprint density at radius 2 is 2.00 bits per heavy atom. The highest BCUT2D eigenvalue weighted by Crippen LogP contribution is 2.21. The summed E-state index contributed by atoms with van der Waals surface area (Å²) < 4.78 is 1.58. The fraction of sp³-hybridized carbons (Fsp3) is 0.737. The SMILES string of the molecule is CN=C(NCCN(C)C1CCCC1)N1CCN(c2nccn(C)c2=O)CC1. The molecule has 0 radical (unpaired) electrons. The highest BCUT2D eigenvalue weighted by atomic mass is 16.1. The van der Waals surface area contributed by atoms with Crippen LogP contribution in [0.4, 0.5) is 5.82 Å². The Labute approximate surface area is 161 Å². The van der Waals surface area contributed by atoms with Crippen LogP contribution in [0.15, 0.2) is 22.2 Å². The Morgan fingerprint density at radius 1 is 1.30 bits per heavy atom. The Bertz CT molecular complexity index is 688. The average Bonchev–Trinajstić information content (AvgIpc) is 3.23. The maximum atomic E-state index is 12.3. The first-order valence-corrected chi connectivity index (χ1v) is 10.0. The zero-order valence-corrected chi connectivity index (χ0v) is 16.9. The van der Waals surface area contributed by atoms with Crippen LogP contribution in [0.5, 0.6) is 0 Å². The van der Waals surface area contributed by atoms with Crippen LogP contribution in [0.1, 0.15) is 25.7 Å². The molecule has 0 amide bonds. The Kier molecular flexibility index (Phi) is 6.71. The summed E-state index contributed by atoms with van der Waals surface area (Å²) in [6, 6.07) is 0.748. The van der Waals surface area contributed by atoms with Crippen LogP contribution >= 0.6 is 0 Å². The number of likely N-dealkylation sites (N-methyl/N-ethyl adjacent to an activating group) is 1. The molecule has 8 nitrogen and oxygen atoms in total. The number of hydrogen-bond acceptors (Lipinski definition) is 5. The van der Waals surface area contributed by atoms with E-state index in [0.717, 1.165) is 51.3 Å². The van der Waals surface area contributed by atoms with Gasteiger partial charge < -0.3 is 24.6 Å². The molecule has 150 valence electrons. The second kappa shape index (κ2) is 9.21. The second-order valence-corrected chi connectivity index (χ2v) is 7.53. The van der Waals surface area contributed by atoms with E-state index in [1.165, 1.54) is 25.7 Å². The summed E-state index contributed by atoms with van der Waals surface area (Å²) in [5.41, 5.74) is -0.0385. The van der Waals surface area contributed by atoms with Gasteiger partial charge in [0.25, 0.3) is 5.56 Å². The van der Waals surface area contributed by atoms with Gasteiger partial charge in [0.15, 0.2) is 11.8 Å². The lowest BCUT2D eigenvalue weighted by Crippen LogP contribution is -2.54. The maximum Gasteiger partial charge on any atom is 0.293 e. The number of aryl methyl sites for hydroxylation is 1. The lowest BCUT2D eigenvalue weighted by molar-refractivity contribution is 0.248. The van der Waals surface area contributed by atoms with Crippen LogP contribution < -0.4 is 15.8 Å². The average molecular weight is 376 g/mol. The van der Waals surface area contributed by atoms with E-state index in [1.54, 1.807) is 24.0 Å². The molecular formula is C19H33N7O. The molecule has 8 heteroatoms. The van der Waals surface area contributed by atoms with E-state index in [2.05, 4.69) is 37.0 Å². The fourth-order valence-electron chi connectivity index (χ4n) is 4.04. The molecule has 0 aromatic carbocycles. The van der Waals surface area contributed by atoms with Gasteiger partial charge in [0.05, 0.1) is 0 Å². The van der Waals surface area contributed by atoms with E-state index >= 15 is 0 Å². The first-order valence-electron chi connectivity index (χ1n) is 10.0. The van der Waals surface area contributed by atoms with Gasteiger partial charge in [-0.25, -0.2) is 4.98 Å². The zero-order valence-electron chi connectivity index (χ0n) is 16.9. The largest absolute Gasteiger partial charge is 0.355 e. The van der Waals surface area contributed by atoms with E-state index in [9.17, 15) is 4.79 Å². The minimum absolute atomic E-state index is 0.0385. The van der Waals surface area contributed by atoms with Gasteiger partial charge in [-0.1, -0.05) is 12.8 Å². The van der Waals surface area contributed by atoms with Crippen molar-refractivity contribution in [2.24, 2.45) is 12.0 Å². The molecule has 0 unspecified atom stereocenters. The number of guanidine groups is 1. The lowest BCUT2D eigenvalue weighted by Gasteiger charge is -2.37. The van der Waals surface area contributed by atoms with Gasteiger partial charge in [-0.05, 0) is 19.9 Å². The summed E-state index contributed by atoms with van der Waals surface area (Å²) in [6.07, 6.45) is 8.78. The van der Waals surface area contributed by atoms with Crippen molar-refractivity contribution in [1.82, 2.24) is 24.7 Å². The lowest BCUT2D eigenvalue weighted by atomic mass is 10.2. The molecule has 2 heterocycles. The van der Waals surface area contributed by atoms with E-state index in [4.69, 9.17) is 0 Å². The van der Waals surface area contributed by atoms with Crippen molar-refractivity contribution in [2.45, 2.75) is 31.7 Å². The highest BCUT2D eigenvalue weighted by molar-refractivity contribution is 5.80. The predicted octanol–water partition coefficient (Wildman–Crippen LogP) is 0.352. The van der Waals surface area contributed by atoms with Crippen molar-refractivity contribution in [1.29, 1.82) is 0 Å². The third-order valence-corrected chi connectivity index (χ3v) is 5.78. The molecule has 1 aliphatic carbocycles. The van der Waals surface area contributed by atoms with Gasteiger partial charge in [-0.2, -0.15) is 0 Å². The second-order valence-electron chi connectivity index (χ2n) is 7.53. The molecule has 0 atom stereocenters. The summed E-state index contributed by atoms with van der Waals surface area (Å²) in [5.74, 6) is 1.49. The number of piperazine rings is 1. The Balaban J connectivity index is 1.47. The van der Waals surface area contributed by atoms with Crippen molar-refractivity contribution in [3.8, 4) is 0 Å². The molecule has 2 aliphatic rings. The summed E-state index contributed by atoms with van der Waals surface area (Å²) in [6.45, 7) is 5.15. The zero-order chi connectivity index (χ0) is 19.2. The molecular weight excluding hydrogens is 342 g/mol. The number of hydrogen-bond donors (Lipinski definition) is 1. The van der Waals surface area contributed by atoms with Crippen molar-refractivity contribution < 1.29 is 0 Å². The molecule has 0 bridgehead atoms. The Hall–Kier alpha value is -2.09. The van der Waals surface area contributed by atoms with Crippen molar-refractivity contribution in [3.63, 3.8) is 0 Å². The topological polar surface area (TPSA) is 69.0 Å². The smallest absolute Gasteiger partial charge is 0.293 e. The van der Waals surface area contributed by atoms with Crippen LogP contribution in [0.3, 0.4) is 0 Å². The third kappa shape index (κ3) is 4.80. The minimum atomic E-state index is -0.0385. The van der Waals surface area contributed by atoms with Gasteiger partial charge in [-0.15, -0.1) is 0 Å². The first-order chi connectivity index (χ1) is 13.1. The maximum absolute atomic E-state index is 12.3. The van der Waals surface area contributed by atoms with Gasteiger partial charge in [0.2, 0.25) is 0 Å². The van der Waals surface area contributed by atoms with E-state index in [-0.39, 0.29) is 5.56 Å². The van der Waals surface area contributed by atoms with Crippen LogP contribution in [0.25, 0.3) is 0 Å². The quantitative estimate of drug-likeness (QED) is 0.592. The summed E-state index contributed by atoms with van der Waals surface area (Å²) in [7, 11) is 5.83. The predicted molar refractivity (Wildman–Crippen MR) is 110 cm³/mol. The van der Waals surface area contributed by atoms with Crippen LogP contribution in [-0.2, 0) is 7.05 Å². The Morgan fingerprint density at radius 3 is 2.67 bits per heavy atom. The number of nitrogens with zero attached hydrogens (tertiary/aromatic N) is 6. The molecule has 1 aromatic heterocycles. The van der Waals surface area contributed by atoms with Crippen LogP contribution in [0, 0.1) is 0 Å². The third-order valence-electron chi connectivity index (χ3n) is 5.78. The number of aliphatic imine (C=N–C) groups is 1. The normalized spacial score (nSPS) is 19.2. The fourth-order valence-corrected chi connectivity index (χ4v) is 4.04. The molecule has 1 saturated carbocycles. The molecule has 3 rings (SSSR count). The molecule has 1 aliphatic heterocycles. The van der Waals surface area contributed by atoms with Gasteiger partial charge in [0, 0.05) is 71.8 Å². The summed E-state index contributed by atoms with van der Waals surface area (Å²) in [5, 5.41) is 3.50. The standard InChI is InChI=1S/C19H33N7O/c1-20-19(22-9-10-23(2)16-6-4-5-7-16)26-14-12-25(13-15-26)17-18(27)24(3)11-8-21-17/h8,11,16H,4-7,9-10,12-15H2,1-3H3,(H,20,22). The number of rotatable bonds is 5. The number of anilines is 1. The first kappa shape index (κ1) is 19.7. The van der Waals surface area contributed by atoms with Crippen LogP contribution in [-0.4, -0.2) is 84.7 Å². The molecule has 0 spiro atoms. The summed E-state index contributed by atoms with van der Waals surface area (Å²) in [4.78, 5) is 27.8. The van der Waals surface area contributed by atoms with Gasteiger partial charge in [-0.3, -0.25) is 9.79 Å². The molecule has 27 heavy (non-hydrogen) atoms. The molecule has 1 N–H and O–H groups in total. The van der Waals surface area contributed by atoms with E-state index < -0.39 is 0 Å². The minimum Gasteiger partial charge on any atom is -0.355 e. The number of aromatic nitrogens is 2. The van der Waals surface area contributed by atoms with E-state index in [1.807, 2.05) is 7.05 Å². The van der Waals surface area contributed by atoms with Gasteiger partial charge in [0.1, 0.15) is 0 Å². The van der Waals surface area contributed by atoms with E-state index in [0.29, 0.717) is 5.82 Å². The van der Waals surface area contributed by atoms with Gasteiger partial charge >= 0.3 is 0 Å². The van der Waals surface area contributed by atoms with Crippen LogP contribution in [0.2, 0.25) is 0 Å². The molecule has 1 saturated heterocycles. The molecule has 1 aromatic rings. The monoisotopic (exact) mass is 375 g/mol. The van der Waals surface area contributed by atoms with Crippen molar-refractivity contribution >= 4 is 11.8 Å². The number of nitrogens with one attached hydrogen (secondary N) is 1. The summed E-state index contributed by atoms with van der Waals surface area (Å²) >= 11 is 0. The highest BCUT2D eigenvalue weighted by Gasteiger charge is 2.23. The van der Waals surface area contributed by atoms with Crippen molar-refractivity contribution in [3.05, 3.63) is 22.7 Å². The molecule has 2 fully saturated rings. The van der Waals surface area contributed by atoms with Crippen molar-refractivity contribution in [2.75, 3.05) is 58.3 Å².